The van der Waals surface area contributed by atoms with E-state index >= 15 is 0 Å². The predicted octanol–water partition coefficient (Wildman–Crippen LogP) is 1.61. The van der Waals surface area contributed by atoms with Gasteiger partial charge in [-0.2, -0.15) is 0 Å². The zero-order chi connectivity index (χ0) is 5.11. The van der Waals surface area contributed by atoms with Crippen LogP contribution in [0, 0.1) is 6.92 Å². The van der Waals surface area contributed by atoms with Crippen LogP contribution in [0.25, 0.3) is 0 Å². The molecule has 2 radical (unpaired) electrons. The molecule has 8 heavy (non-hydrogen) atoms. The molecule has 0 amide bonds. The Morgan fingerprint density at radius 2 is 1.50 bits per heavy atom. The van der Waals surface area contributed by atoms with Crippen molar-refractivity contribution in [1.82, 2.24) is 0 Å². The van der Waals surface area contributed by atoms with Crippen molar-refractivity contribution in [2.24, 2.45) is 0 Å². The first-order valence-electron chi connectivity index (χ1n) is 2.41. The van der Waals surface area contributed by atoms with Gasteiger partial charge in [0.05, 0.1) is 0 Å². The van der Waals surface area contributed by atoms with E-state index < -0.39 is 0 Å². The Hall–Kier alpha value is 0.791. The van der Waals surface area contributed by atoms with Crippen LogP contribution in [0.2, 0.25) is 0 Å². The van der Waals surface area contributed by atoms with Crippen molar-refractivity contribution in [3.05, 3.63) is 35.9 Å². The monoisotopic (exact) mass is 230 g/mol. The third-order valence-corrected chi connectivity index (χ3v) is 0.940. The topological polar surface area (TPSA) is 0 Å². The van der Waals surface area contributed by atoms with Gasteiger partial charge in [-0.05, 0) is 6.92 Å². The van der Waals surface area contributed by atoms with Crippen molar-refractivity contribution in [3.63, 3.8) is 0 Å². The van der Waals surface area contributed by atoms with Crippen LogP contribution in [0.3, 0.4) is 0 Å². The fourth-order valence-electron chi connectivity index (χ4n) is 0.534. The summed E-state index contributed by atoms with van der Waals surface area (Å²) in [7, 11) is 0. The number of aryl methyl sites for hydroxylation is 1. The van der Waals surface area contributed by atoms with Crippen molar-refractivity contribution in [3.8, 4) is 0 Å². The molecule has 0 spiro atoms. The molecule has 0 nitrogen and oxygen atoms in total. The molecule has 0 saturated carbocycles. The van der Waals surface area contributed by atoms with Crippen molar-refractivity contribution < 1.29 is 0 Å². The van der Waals surface area contributed by atoms with Crippen LogP contribution in [-0.2, 0) is 0 Å². The van der Waals surface area contributed by atoms with Gasteiger partial charge in [0.1, 0.15) is 0 Å². The zero-order valence-corrected chi connectivity index (χ0v) is 9.53. The van der Waals surface area contributed by atoms with Gasteiger partial charge >= 0.3 is 0 Å². The van der Waals surface area contributed by atoms with Crippen LogP contribution in [0.5, 0.6) is 0 Å². The summed E-state index contributed by atoms with van der Waals surface area (Å²) in [6.45, 7) is 2.08. The van der Waals surface area contributed by atoms with Crippen LogP contribution < -0.4 is 0 Å². The summed E-state index contributed by atoms with van der Waals surface area (Å²) < 4.78 is 0. The van der Waals surface area contributed by atoms with Crippen LogP contribution in [0.1, 0.15) is 5.56 Å². The van der Waals surface area contributed by atoms with Crippen molar-refractivity contribution in [2.75, 3.05) is 0 Å². The molecule has 1 aromatic carbocycles. The number of benzene rings is 1. The first kappa shape index (κ1) is 8.79. The molecule has 0 unspecified atom stereocenters. The molecule has 1 aromatic rings. The molecule has 0 atom stereocenters. The molecule has 1 rings (SSSR count). The van der Waals surface area contributed by atoms with E-state index in [2.05, 4.69) is 19.1 Å². The van der Waals surface area contributed by atoms with E-state index in [-0.39, 0.29) is 48.9 Å². The summed E-state index contributed by atoms with van der Waals surface area (Å²) in [5.41, 5.74) is 1.32. The second kappa shape index (κ2) is 4.65. The van der Waals surface area contributed by atoms with Crippen molar-refractivity contribution >= 4 is 48.9 Å². The minimum atomic E-state index is 0. The number of hydrogen-bond donors (Lipinski definition) is 0. The second-order valence-electron chi connectivity index (χ2n) is 1.65. The summed E-state index contributed by atoms with van der Waals surface area (Å²) in [4.78, 5) is 0. The molecular weight excluding hydrogens is 221 g/mol. The average Bonchev–Trinajstić information content (AvgIpc) is 1.69. The summed E-state index contributed by atoms with van der Waals surface area (Å²) >= 11 is 0. The molecule has 38 valence electrons. The van der Waals surface area contributed by atoms with Gasteiger partial charge < -0.3 is 0 Å². The molecule has 0 N–H and O–H groups in total. The fraction of sp³-hybridized carbons (Fsp3) is 0.143. The Bertz CT molecular complexity index is 134. The Labute approximate surface area is 90.4 Å². The first-order chi connectivity index (χ1) is 3.39. The molecule has 0 heterocycles. The predicted molar refractivity (Wildman–Crippen MR) is 36.9 cm³/mol. The van der Waals surface area contributed by atoms with Crippen LogP contribution in [-0.4, -0.2) is 48.9 Å². The number of hydrogen-bond acceptors (Lipinski definition) is 0. The van der Waals surface area contributed by atoms with Gasteiger partial charge in [0.25, 0.3) is 0 Å². The molecule has 0 fully saturated rings. The average molecular weight is 229 g/mol. The third kappa shape index (κ3) is 2.95. The number of rotatable bonds is 0. The molecule has 0 aromatic heterocycles. The largest absolute Gasteiger partial charge is 0.0622 e. The molecule has 0 saturated heterocycles. The quantitative estimate of drug-likeness (QED) is 0.593. The van der Waals surface area contributed by atoms with Crippen molar-refractivity contribution in [2.45, 2.75) is 6.92 Å². The van der Waals surface area contributed by atoms with Gasteiger partial charge in [-0.15, -0.1) is 0 Å². The van der Waals surface area contributed by atoms with Gasteiger partial charge in [0, 0.05) is 48.9 Å². The standard InChI is InChI=1S/C7H8.Ba/c1-7-5-3-2-4-6-7;/h2-6H,1H3;. The fourth-order valence-corrected chi connectivity index (χ4v) is 0.534. The minimum Gasteiger partial charge on any atom is -0.0622 e. The summed E-state index contributed by atoms with van der Waals surface area (Å²) in [5.74, 6) is 0. The van der Waals surface area contributed by atoms with E-state index in [1.165, 1.54) is 5.56 Å². The van der Waals surface area contributed by atoms with E-state index in [1.807, 2.05) is 18.2 Å². The Kier molecular flexibility index (Phi) is 5.11. The van der Waals surface area contributed by atoms with Gasteiger partial charge in [0.2, 0.25) is 0 Å². The van der Waals surface area contributed by atoms with Crippen molar-refractivity contribution in [1.29, 1.82) is 0 Å². The van der Waals surface area contributed by atoms with E-state index in [4.69, 9.17) is 0 Å². The smallest absolute Gasteiger partial charge is 0 e. The van der Waals surface area contributed by atoms with Gasteiger partial charge in [-0.3, -0.25) is 0 Å². The normalized spacial score (nSPS) is 7.62. The van der Waals surface area contributed by atoms with Crippen LogP contribution in [0.4, 0.5) is 0 Å². The van der Waals surface area contributed by atoms with Gasteiger partial charge in [-0.1, -0.05) is 35.9 Å². The maximum Gasteiger partial charge on any atom is 0 e. The summed E-state index contributed by atoms with van der Waals surface area (Å²) in [5, 5.41) is 0. The first-order valence-corrected chi connectivity index (χ1v) is 2.41. The Morgan fingerprint density at radius 3 is 1.75 bits per heavy atom. The maximum absolute atomic E-state index is 2.08. The summed E-state index contributed by atoms with van der Waals surface area (Å²) in [6.07, 6.45) is 0. The molecule has 0 aliphatic carbocycles. The zero-order valence-electron chi connectivity index (χ0n) is 5.09. The molecule has 1 heteroatoms. The van der Waals surface area contributed by atoms with E-state index in [1.54, 1.807) is 0 Å². The Balaban J connectivity index is 0.000000490. The van der Waals surface area contributed by atoms with Crippen LogP contribution >= 0.6 is 0 Å². The van der Waals surface area contributed by atoms with E-state index in [0.29, 0.717) is 0 Å². The molecule has 0 aliphatic rings. The summed E-state index contributed by atoms with van der Waals surface area (Å²) in [6, 6.07) is 10.3. The minimum absolute atomic E-state index is 0. The van der Waals surface area contributed by atoms with Crippen LogP contribution in [0.15, 0.2) is 30.3 Å². The Morgan fingerprint density at radius 1 is 1.00 bits per heavy atom. The van der Waals surface area contributed by atoms with E-state index in [9.17, 15) is 0 Å². The maximum atomic E-state index is 2.08. The van der Waals surface area contributed by atoms with Gasteiger partial charge in [-0.25, -0.2) is 0 Å². The molecular formula is C7H8Ba. The second-order valence-corrected chi connectivity index (χ2v) is 1.65. The van der Waals surface area contributed by atoms with E-state index in [0.717, 1.165) is 0 Å². The van der Waals surface area contributed by atoms with Gasteiger partial charge in [0.15, 0.2) is 0 Å². The molecule has 0 aliphatic heterocycles. The SMILES string of the molecule is Cc1ccccc1.[Ba]. The third-order valence-electron chi connectivity index (χ3n) is 0.940. The molecule has 0 bridgehead atoms.